The first kappa shape index (κ1) is 17.6. The minimum absolute atomic E-state index is 0.879. The summed E-state index contributed by atoms with van der Waals surface area (Å²) in [5, 5.41) is 2.40. The first-order valence-electron chi connectivity index (χ1n) is 9.71. The molecule has 0 aliphatic carbocycles. The smallest absolute Gasteiger partial charge is 0.119 e. The molecule has 1 aromatic heterocycles. The van der Waals surface area contributed by atoms with Gasteiger partial charge in [0.25, 0.3) is 0 Å². The predicted octanol–water partition coefficient (Wildman–Crippen LogP) is 5.71. The third-order valence-electron chi connectivity index (χ3n) is 5.35. The number of fused-ring (bicyclic) bond motifs is 1. The second kappa shape index (κ2) is 7.83. The zero-order chi connectivity index (χ0) is 18.6. The number of piperidine rings is 1. The van der Waals surface area contributed by atoms with E-state index in [1.54, 1.807) is 7.11 Å². The third-order valence-corrected chi connectivity index (χ3v) is 5.35. The number of pyridine rings is 1. The van der Waals surface area contributed by atoms with Crippen LogP contribution < -0.4 is 9.64 Å². The van der Waals surface area contributed by atoms with Crippen LogP contribution in [0.1, 0.15) is 36.1 Å². The Morgan fingerprint density at radius 2 is 1.85 bits per heavy atom. The fourth-order valence-corrected chi connectivity index (χ4v) is 3.82. The van der Waals surface area contributed by atoms with Crippen molar-refractivity contribution >= 4 is 28.6 Å². The molecule has 0 atom stereocenters. The van der Waals surface area contributed by atoms with Crippen LogP contribution in [0.4, 0.5) is 5.69 Å². The quantitative estimate of drug-likeness (QED) is 0.597. The van der Waals surface area contributed by atoms with Gasteiger partial charge in [-0.3, -0.25) is 4.98 Å². The zero-order valence-electron chi connectivity index (χ0n) is 16.1. The van der Waals surface area contributed by atoms with Crippen molar-refractivity contribution in [3.63, 3.8) is 0 Å². The Labute approximate surface area is 161 Å². The van der Waals surface area contributed by atoms with Crippen molar-refractivity contribution in [2.75, 3.05) is 25.1 Å². The SMILES string of the molecule is COc1ccc2cccc(/C=C/c3cc(N4CCCCC4)c(C)cn3)c2c1. The average Bonchev–Trinajstić information content (AvgIpc) is 2.73. The van der Waals surface area contributed by atoms with Gasteiger partial charge >= 0.3 is 0 Å². The molecular formula is C24H26N2O. The molecule has 1 aliphatic heterocycles. The van der Waals surface area contributed by atoms with E-state index in [2.05, 4.69) is 65.4 Å². The topological polar surface area (TPSA) is 25.4 Å². The summed E-state index contributed by atoms with van der Waals surface area (Å²) in [5.41, 5.74) is 4.75. The van der Waals surface area contributed by atoms with Gasteiger partial charge in [0.1, 0.15) is 5.75 Å². The molecule has 2 aromatic carbocycles. The lowest BCUT2D eigenvalue weighted by molar-refractivity contribution is 0.415. The number of anilines is 1. The second-order valence-corrected chi connectivity index (χ2v) is 7.21. The Kier molecular flexibility index (Phi) is 5.10. The first-order chi connectivity index (χ1) is 13.2. The highest BCUT2D eigenvalue weighted by Crippen LogP contribution is 2.27. The Hall–Kier alpha value is -2.81. The minimum atomic E-state index is 0.879. The number of rotatable bonds is 4. The number of ether oxygens (including phenoxy) is 1. The lowest BCUT2D eigenvalue weighted by Gasteiger charge is -2.30. The lowest BCUT2D eigenvalue weighted by Crippen LogP contribution is -2.30. The summed E-state index contributed by atoms with van der Waals surface area (Å²) in [7, 11) is 1.71. The summed E-state index contributed by atoms with van der Waals surface area (Å²) in [6, 6.07) is 14.8. The molecule has 0 spiro atoms. The van der Waals surface area contributed by atoms with Crippen molar-refractivity contribution in [2.24, 2.45) is 0 Å². The summed E-state index contributed by atoms with van der Waals surface area (Å²) in [4.78, 5) is 7.13. The number of hydrogen-bond acceptors (Lipinski definition) is 3. The van der Waals surface area contributed by atoms with Crippen molar-refractivity contribution < 1.29 is 4.74 Å². The van der Waals surface area contributed by atoms with Crippen molar-refractivity contribution in [2.45, 2.75) is 26.2 Å². The van der Waals surface area contributed by atoms with Crippen molar-refractivity contribution in [1.29, 1.82) is 0 Å². The molecule has 0 bridgehead atoms. The highest BCUT2D eigenvalue weighted by molar-refractivity contribution is 5.93. The summed E-state index contributed by atoms with van der Waals surface area (Å²) in [6.07, 6.45) is 10.2. The molecule has 27 heavy (non-hydrogen) atoms. The van der Waals surface area contributed by atoms with Gasteiger partial charge in [0, 0.05) is 25.0 Å². The van der Waals surface area contributed by atoms with Crippen LogP contribution in [-0.2, 0) is 0 Å². The first-order valence-corrected chi connectivity index (χ1v) is 9.71. The fourth-order valence-electron chi connectivity index (χ4n) is 3.82. The van der Waals surface area contributed by atoms with E-state index in [4.69, 9.17) is 4.74 Å². The molecule has 4 rings (SSSR count). The van der Waals surface area contributed by atoms with Gasteiger partial charge < -0.3 is 9.64 Å². The number of benzene rings is 2. The Balaban J connectivity index is 1.66. The van der Waals surface area contributed by atoms with E-state index in [-0.39, 0.29) is 0 Å². The predicted molar refractivity (Wildman–Crippen MR) is 114 cm³/mol. The zero-order valence-corrected chi connectivity index (χ0v) is 16.1. The van der Waals surface area contributed by atoms with Crippen LogP contribution in [0.5, 0.6) is 5.75 Å². The fraction of sp³-hybridized carbons (Fsp3) is 0.292. The molecule has 138 valence electrons. The molecule has 1 fully saturated rings. The van der Waals surface area contributed by atoms with Gasteiger partial charge in [0.2, 0.25) is 0 Å². The maximum absolute atomic E-state index is 5.39. The van der Waals surface area contributed by atoms with E-state index >= 15 is 0 Å². The summed E-state index contributed by atoms with van der Waals surface area (Å²) >= 11 is 0. The van der Waals surface area contributed by atoms with Crippen molar-refractivity contribution in [3.8, 4) is 5.75 Å². The molecule has 3 aromatic rings. The molecule has 1 saturated heterocycles. The molecule has 0 unspecified atom stereocenters. The van der Waals surface area contributed by atoms with E-state index in [1.807, 2.05) is 12.3 Å². The van der Waals surface area contributed by atoms with Gasteiger partial charge in [0.05, 0.1) is 12.8 Å². The number of aryl methyl sites for hydroxylation is 1. The summed E-state index contributed by atoms with van der Waals surface area (Å²) in [6.45, 7) is 4.45. The van der Waals surface area contributed by atoms with Gasteiger partial charge in [-0.25, -0.2) is 0 Å². The standard InChI is InChI=1S/C24H26N2O/c1-18-17-25-21(15-24(18)26-13-4-3-5-14-26)11-9-19-7-6-8-20-10-12-22(27-2)16-23(19)20/h6-12,15-17H,3-5,13-14H2,1-2H3/b11-9+. The van der Waals surface area contributed by atoms with Crippen LogP contribution in [0.15, 0.2) is 48.7 Å². The van der Waals surface area contributed by atoms with Crippen molar-refractivity contribution in [3.05, 3.63) is 65.5 Å². The van der Waals surface area contributed by atoms with Crippen LogP contribution in [0.2, 0.25) is 0 Å². The average molecular weight is 358 g/mol. The Morgan fingerprint density at radius 1 is 1.00 bits per heavy atom. The maximum Gasteiger partial charge on any atom is 0.119 e. The van der Waals surface area contributed by atoms with Gasteiger partial charge in [-0.2, -0.15) is 0 Å². The van der Waals surface area contributed by atoms with Crippen LogP contribution in [0.25, 0.3) is 22.9 Å². The molecule has 3 heteroatoms. The highest BCUT2D eigenvalue weighted by atomic mass is 16.5. The lowest BCUT2D eigenvalue weighted by atomic mass is 10.0. The number of methoxy groups -OCH3 is 1. The van der Waals surface area contributed by atoms with Crippen LogP contribution in [0.3, 0.4) is 0 Å². The number of nitrogens with zero attached hydrogens (tertiary/aromatic N) is 2. The molecule has 0 radical (unpaired) electrons. The van der Waals surface area contributed by atoms with Gasteiger partial charge in [0.15, 0.2) is 0 Å². The van der Waals surface area contributed by atoms with E-state index in [1.165, 1.54) is 46.8 Å². The molecular weight excluding hydrogens is 332 g/mol. The normalized spacial score (nSPS) is 14.8. The van der Waals surface area contributed by atoms with Crippen LogP contribution in [0, 0.1) is 6.92 Å². The monoisotopic (exact) mass is 358 g/mol. The van der Waals surface area contributed by atoms with E-state index in [9.17, 15) is 0 Å². The Bertz CT molecular complexity index is 971. The minimum Gasteiger partial charge on any atom is -0.497 e. The van der Waals surface area contributed by atoms with E-state index < -0.39 is 0 Å². The van der Waals surface area contributed by atoms with Gasteiger partial charge in [-0.05, 0) is 72.4 Å². The summed E-state index contributed by atoms with van der Waals surface area (Å²) < 4.78 is 5.39. The second-order valence-electron chi connectivity index (χ2n) is 7.21. The summed E-state index contributed by atoms with van der Waals surface area (Å²) in [5.74, 6) is 0.879. The Morgan fingerprint density at radius 3 is 2.67 bits per heavy atom. The van der Waals surface area contributed by atoms with E-state index in [0.717, 1.165) is 24.5 Å². The van der Waals surface area contributed by atoms with Gasteiger partial charge in [-0.15, -0.1) is 0 Å². The van der Waals surface area contributed by atoms with E-state index in [0.29, 0.717) is 0 Å². The maximum atomic E-state index is 5.39. The van der Waals surface area contributed by atoms with Crippen molar-refractivity contribution in [1.82, 2.24) is 4.98 Å². The molecule has 3 nitrogen and oxygen atoms in total. The molecule has 0 amide bonds. The molecule has 1 aliphatic rings. The number of aromatic nitrogens is 1. The molecule has 0 N–H and O–H groups in total. The largest absolute Gasteiger partial charge is 0.497 e. The third kappa shape index (κ3) is 3.82. The van der Waals surface area contributed by atoms with Crippen LogP contribution in [-0.4, -0.2) is 25.2 Å². The molecule has 2 heterocycles. The van der Waals surface area contributed by atoms with Gasteiger partial charge in [-0.1, -0.05) is 30.3 Å². The highest BCUT2D eigenvalue weighted by Gasteiger charge is 2.13. The molecule has 0 saturated carbocycles. The number of hydrogen-bond donors (Lipinski definition) is 0. The van der Waals surface area contributed by atoms with Crippen LogP contribution >= 0.6 is 0 Å².